The van der Waals surface area contributed by atoms with Crippen molar-refractivity contribution < 1.29 is 9.50 Å². The summed E-state index contributed by atoms with van der Waals surface area (Å²) in [5.41, 5.74) is 0.914. The number of piperazine rings is 1. The fraction of sp³-hybridized carbons (Fsp3) is 0.500. The maximum atomic E-state index is 13.2. The lowest BCUT2D eigenvalue weighted by atomic mass is 10.1. The minimum atomic E-state index is -0.542. The van der Waals surface area contributed by atoms with Gasteiger partial charge >= 0.3 is 0 Å². The van der Waals surface area contributed by atoms with Crippen LogP contribution in [0.2, 0.25) is 0 Å². The van der Waals surface area contributed by atoms with Crippen molar-refractivity contribution in [1.29, 1.82) is 0 Å². The lowest BCUT2D eigenvalue weighted by Gasteiger charge is -2.33. The first-order valence-corrected chi connectivity index (χ1v) is 5.61. The normalized spacial score (nSPS) is 17.4. The van der Waals surface area contributed by atoms with Gasteiger partial charge in [0.2, 0.25) is 0 Å². The van der Waals surface area contributed by atoms with E-state index in [1.807, 2.05) is 0 Å². The number of nitrogens with one attached hydrogen (secondary N) is 1. The van der Waals surface area contributed by atoms with E-state index in [4.69, 9.17) is 5.11 Å². The highest BCUT2D eigenvalue weighted by Gasteiger charge is 2.18. The lowest BCUT2D eigenvalue weighted by molar-refractivity contribution is 0.185. The van der Waals surface area contributed by atoms with Gasteiger partial charge in [0.1, 0.15) is 0 Å². The molecule has 0 bridgehead atoms. The molecular weight excluding hydrogens is 278 g/mol. The van der Waals surface area contributed by atoms with Gasteiger partial charge in [0.15, 0.2) is 11.6 Å². The predicted octanol–water partition coefficient (Wildman–Crippen LogP) is 2.34. The van der Waals surface area contributed by atoms with Crippen LogP contribution in [0.1, 0.15) is 18.5 Å². The second kappa shape index (κ2) is 7.79. The van der Waals surface area contributed by atoms with E-state index in [2.05, 4.69) is 17.1 Å². The zero-order chi connectivity index (χ0) is 11.5. The highest BCUT2D eigenvalue weighted by Crippen LogP contribution is 2.24. The highest BCUT2D eigenvalue weighted by atomic mass is 35.5. The summed E-state index contributed by atoms with van der Waals surface area (Å²) in [7, 11) is 0. The molecule has 1 saturated heterocycles. The van der Waals surface area contributed by atoms with Crippen LogP contribution in [-0.2, 0) is 0 Å². The Morgan fingerprint density at radius 3 is 2.44 bits per heavy atom. The van der Waals surface area contributed by atoms with Crippen molar-refractivity contribution in [3.8, 4) is 5.75 Å². The van der Waals surface area contributed by atoms with Crippen LogP contribution < -0.4 is 5.32 Å². The molecule has 1 aliphatic heterocycles. The van der Waals surface area contributed by atoms with Gasteiger partial charge in [0.25, 0.3) is 0 Å². The topological polar surface area (TPSA) is 35.5 Å². The number of rotatable bonds is 2. The van der Waals surface area contributed by atoms with Gasteiger partial charge in [-0.2, -0.15) is 0 Å². The van der Waals surface area contributed by atoms with E-state index in [1.54, 1.807) is 6.07 Å². The number of phenols is 1. The average Bonchev–Trinajstić information content (AvgIpc) is 2.33. The van der Waals surface area contributed by atoms with E-state index in [0.29, 0.717) is 0 Å². The highest BCUT2D eigenvalue weighted by molar-refractivity contribution is 5.85. The molecule has 0 saturated carbocycles. The van der Waals surface area contributed by atoms with Crippen LogP contribution in [0.15, 0.2) is 18.2 Å². The minimum Gasteiger partial charge on any atom is -0.505 e. The molecule has 104 valence electrons. The predicted molar refractivity (Wildman–Crippen MR) is 75.4 cm³/mol. The second-order valence-corrected chi connectivity index (χ2v) is 4.17. The van der Waals surface area contributed by atoms with Crippen molar-refractivity contribution in [2.75, 3.05) is 26.2 Å². The van der Waals surface area contributed by atoms with Gasteiger partial charge in [-0.3, -0.25) is 4.90 Å². The molecule has 2 N–H and O–H groups in total. The first-order chi connectivity index (χ1) is 7.68. The number of aromatic hydroxyl groups is 1. The summed E-state index contributed by atoms with van der Waals surface area (Å²) in [5, 5.41) is 12.4. The SMILES string of the molecule is C[C@H](c1ccc(O)c(F)c1)N1CCNCC1.Cl.Cl. The Hall–Kier alpha value is -0.550. The number of phenolic OH excluding ortho intramolecular Hbond substituents is 1. The molecular formula is C12H19Cl2FN2O. The Bertz CT molecular complexity index is 373. The van der Waals surface area contributed by atoms with Crippen LogP contribution >= 0.6 is 24.8 Å². The van der Waals surface area contributed by atoms with E-state index in [-0.39, 0.29) is 36.6 Å². The molecule has 1 atom stereocenters. The molecule has 1 aromatic rings. The third-order valence-corrected chi connectivity index (χ3v) is 3.15. The third-order valence-electron chi connectivity index (χ3n) is 3.15. The molecule has 0 amide bonds. The van der Waals surface area contributed by atoms with Gasteiger partial charge in [-0.15, -0.1) is 24.8 Å². The van der Waals surface area contributed by atoms with Crippen molar-refractivity contribution in [3.05, 3.63) is 29.6 Å². The Morgan fingerprint density at radius 1 is 1.28 bits per heavy atom. The molecule has 0 aliphatic carbocycles. The molecule has 1 heterocycles. The second-order valence-electron chi connectivity index (χ2n) is 4.17. The molecule has 0 radical (unpaired) electrons. The van der Waals surface area contributed by atoms with E-state index < -0.39 is 5.82 Å². The van der Waals surface area contributed by atoms with E-state index in [1.165, 1.54) is 12.1 Å². The summed E-state index contributed by atoms with van der Waals surface area (Å²) in [6, 6.07) is 4.81. The maximum absolute atomic E-state index is 13.2. The van der Waals surface area contributed by atoms with Crippen molar-refractivity contribution in [2.45, 2.75) is 13.0 Å². The van der Waals surface area contributed by atoms with E-state index >= 15 is 0 Å². The summed E-state index contributed by atoms with van der Waals surface area (Å²) in [6.07, 6.45) is 0. The zero-order valence-electron chi connectivity index (χ0n) is 10.2. The van der Waals surface area contributed by atoms with Crippen LogP contribution in [0, 0.1) is 5.82 Å². The Labute approximate surface area is 119 Å². The molecule has 2 rings (SSSR count). The number of benzene rings is 1. The Morgan fingerprint density at radius 2 is 1.89 bits per heavy atom. The van der Waals surface area contributed by atoms with Crippen LogP contribution in [0.3, 0.4) is 0 Å². The van der Waals surface area contributed by atoms with E-state index in [9.17, 15) is 4.39 Å². The zero-order valence-corrected chi connectivity index (χ0v) is 11.9. The quantitative estimate of drug-likeness (QED) is 0.879. The van der Waals surface area contributed by atoms with Crippen LogP contribution in [0.25, 0.3) is 0 Å². The summed E-state index contributed by atoms with van der Waals surface area (Å²) >= 11 is 0. The molecule has 18 heavy (non-hydrogen) atoms. The Kier molecular flexibility index (Phi) is 7.55. The van der Waals surface area contributed by atoms with Crippen molar-refractivity contribution in [2.24, 2.45) is 0 Å². The number of nitrogens with zero attached hydrogens (tertiary/aromatic N) is 1. The van der Waals surface area contributed by atoms with Crippen molar-refractivity contribution in [3.63, 3.8) is 0 Å². The number of hydrogen-bond donors (Lipinski definition) is 2. The van der Waals surface area contributed by atoms with Gasteiger partial charge in [0.05, 0.1) is 0 Å². The van der Waals surface area contributed by atoms with Gasteiger partial charge < -0.3 is 10.4 Å². The number of hydrogen-bond acceptors (Lipinski definition) is 3. The standard InChI is InChI=1S/C12H17FN2O.2ClH/c1-9(15-6-4-14-5-7-15)10-2-3-12(16)11(13)8-10;;/h2-3,8-9,14,16H,4-7H2,1H3;2*1H/t9-;;/m1../s1. The van der Waals surface area contributed by atoms with Crippen molar-refractivity contribution in [1.82, 2.24) is 10.2 Å². The van der Waals surface area contributed by atoms with E-state index in [0.717, 1.165) is 31.7 Å². The molecule has 6 heteroatoms. The summed E-state index contributed by atoms with van der Waals surface area (Å²) in [4.78, 5) is 2.31. The largest absolute Gasteiger partial charge is 0.505 e. The van der Waals surface area contributed by atoms with Crippen LogP contribution in [0.4, 0.5) is 4.39 Å². The van der Waals surface area contributed by atoms with Crippen LogP contribution in [-0.4, -0.2) is 36.2 Å². The molecule has 1 fully saturated rings. The first-order valence-electron chi connectivity index (χ1n) is 5.61. The Balaban J connectivity index is 0.00000144. The van der Waals surface area contributed by atoms with Crippen molar-refractivity contribution >= 4 is 24.8 Å². The van der Waals surface area contributed by atoms with Gasteiger partial charge in [0, 0.05) is 32.2 Å². The smallest absolute Gasteiger partial charge is 0.165 e. The third kappa shape index (κ3) is 3.99. The fourth-order valence-electron chi connectivity index (χ4n) is 2.06. The van der Waals surface area contributed by atoms with Gasteiger partial charge in [-0.25, -0.2) is 4.39 Å². The fourth-order valence-corrected chi connectivity index (χ4v) is 2.06. The molecule has 0 unspecified atom stereocenters. The molecule has 1 aliphatic rings. The first kappa shape index (κ1) is 17.4. The summed E-state index contributed by atoms with van der Waals surface area (Å²) < 4.78 is 13.2. The average molecular weight is 297 g/mol. The van der Waals surface area contributed by atoms with Gasteiger partial charge in [-0.1, -0.05) is 6.07 Å². The minimum absolute atomic E-state index is 0. The molecule has 0 aromatic heterocycles. The van der Waals surface area contributed by atoms with Gasteiger partial charge in [-0.05, 0) is 24.6 Å². The maximum Gasteiger partial charge on any atom is 0.165 e. The monoisotopic (exact) mass is 296 g/mol. The summed E-state index contributed by atoms with van der Waals surface area (Å²) in [5.74, 6) is -0.823. The molecule has 1 aromatic carbocycles. The number of halogens is 3. The molecule has 3 nitrogen and oxygen atoms in total. The lowest BCUT2D eigenvalue weighted by Crippen LogP contribution is -2.44. The summed E-state index contributed by atoms with van der Waals surface area (Å²) in [6.45, 7) is 5.97. The molecule has 0 spiro atoms. The van der Waals surface area contributed by atoms with Crippen LogP contribution in [0.5, 0.6) is 5.75 Å².